The number of benzene rings is 2. The minimum atomic E-state index is -0.308. The summed E-state index contributed by atoms with van der Waals surface area (Å²) in [6.45, 7) is 2.06. The molecular formula is C19H16FN5S2. The van der Waals surface area contributed by atoms with Crippen molar-refractivity contribution in [2.75, 3.05) is 5.32 Å². The van der Waals surface area contributed by atoms with Gasteiger partial charge in [0.05, 0.1) is 11.4 Å². The summed E-state index contributed by atoms with van der Waals surface area (Å²) >= 11 is 3.02. The number of halogens is 1. The number of thiazole rings is 1. The van der Waals surface area contributed by atoms with Gasteiger partial charge in [-0.1, -0.05) is 41.6 Å². The summed E-state index contributed by atoms with van der Waals surface area (Å²) in [5, 5.41) is 14.8. The SMILES string of the molecule is Cc1ccc(Nc2nc(CSc3nncn3-c3ccccc3F)cs2)cc1. The van der Waals surface area contributed by atoms with Crippen molar-refractivity contribution < 1.29 is 4.39 Å². The molecule has 0 saturated heterocycles. The molecule has 5 nitrogen and oxygen atoms in total. The average Bonchev–Trinajstić information content (AvgIpc) is 3.31. The van der Waals surface area contributed by atoms with Crippen molar-refractivity contribution >= 4 is 33.9 Å². The molecule has 0 aliphatic heterocycles. The summed E-state index contributed by atoms with van der Waals surface area (Å²) < 4.78 is 15.7. The number of aromatic nitrogens is 4. The molecule has 2 aromatic carbocycles. The van der Waals surface area contributed by atoms with Gasteiger partial charge in [0, 0.05) is 16.8 Å². The number of para-hydroxylation sites is 1. The van der Waals surface area contributed by atoms with Crippen LogP contribution in [-0.2, 0) is 5.75 Å². The lowest BCUT2D eigenvalue weighted by Gasteiger charge is -2.06. The highest BCUT2D eigenvalue weighted by Crippen LogP contribution is 2.27. The maximum Gasteiger partial charge on any atom is 0.196 e. The fraction of sp³-hybridized carbons (Fsp3) is 0.105. The maximum atomic E-state index is 14.0. The van der Waals surface area contributed by atoms with E-state index in [0.717, 1.165) is 16.5 Å². The molecule has 2 aromatic heterocycles. The van der Waals surface area contributed by atoms with Crippen LogP contribution in [0.1, 0.15) is 11.3 Å². The molecule has 0 amide bonds. The van der Waals surface area contributed by atoms with Crippen molar-refractivity contribution in [1.29, 1.82) is 0 Å². The Bertz CT molecular complexity index is 1040. The first-order chi connectivity index (χ1) is 13.2. The predicted octanol–water partition coefficient (Wildman–Crippen LogP) is 5.21. The lowest BCUT2D eigenvalue weighted by atomic mass is 10.2. The molecule has 4 aromatic rings. The van der Waals surface area contributed by atoms with Gasteiger partial charge in [-0.05, 0) is 31.2 Å². The summed E-state index contributed by atoms with van der Waals surface area (Å²) in [4.78, 5) is 4.60. The van der Waals surface area contributed by atoms with Gasteiger partial charge in [-0.15, -0.1) is 21.5 Å². The molecule has 4 rings (SSSR count). The third-order valence-corrected chi connectivity index (χ3v) is 5.62. The number of hydrogen-bond acceptors (Lipinski definition) is 6. The Balaban J connectivity index is 1.43. The number of hydrogen-bond donors (Lipinski definition) is 1. The molecule has 1 N–H and O–H groups in total. The largest absolute Gasteiger partial charge is 0.332 e. The van der Waals surface area contributed by atoms with E-state index in [-0.39, 0.29) is 5.82 Å². The normalized spacial score (nSPS) is 10.9. The van der Waals surface area contributed by atoms with Gasteiger partial charge in [-0.25, -0.2) is 9.37 Å². The van der Waals surface area contributed by atoms with Crippen LogP contribution in [0, 0.1) is 12.7 Å². The molecule has 0 aliphatic carbocycles. The van der Waals surface area contributed by atoms with Crippen LogP contribution in [0.15, 0.2) is 65.4 Å². The fourth-order valence-electron chi connectivity index (χ4n) is 2.46. The van der Waals surface area contributed by atoms with E-state index >= 15 is 0 Å². The van der Waals surface area contributed by atoms with E-state index in [4.69, 9.17) is 0 Å². The smallest absolute Gasteiger partial charge is 0.196 e. The summed E-state index contributed by atoms with van der Waals surface area (Å²) in [5.74, 6) is 0.316. The molecule has 0 fully saturated rings. The van der Waals surface area contributed by atoms with Gasteiger partial charge in [0.15, 0.2) is 10.3 Å². The van der Waals surface area contributed by atoms with Gasteiger partial charge in [0.25, 0.3) is 0 Å². The Kier molecular flexibility index (Phi) is 5.17. The van der Waals surface area contributed by atoms with E-state index in [2.05, 4.69) is 39.6 Å². The van der Waals surface area contributed by atoms with Crippen molar-refractivity contribution in [3.05, 3.63) is 77.3 Å². The molecule has 0 bridgehead atoms. The van der Waals surface area contributed by atoms with Crippen LogP contribution in [0.25, 0.3) is 5.69 Å². The van der Waals surface area contributed by atoms with E-state index in [1.54, 1.807) is 34.1 Å². The minimum absolute atomic E-state index is 0.308. The lowest BCUT2D eigenvalue weighted by Crippen LogP contribution is -1.98. The highest BCUT2D eigenvalue weighted by Gasteiger charge is 2.12. The molecule has 2 heterocycles. The van der Waals surface area contributed by atoms with Gasteiger partial charge in [-0.3, -0.25) is 4.57 Å². The van der Waals surface area contributed by atoms with Gasteiger partial charge >= 0.3 is 0 Å². The zero-order valence-corrected chi connectivity index (χ0v) is 16.1. The van der Waals surface area contributed by atoms with Crippen LogP contribution in [0.3, 0.4) is 0 Å². The predicted molar refractivity (Wildman–Crippen MR) is 107 cm³/mol. The summed E-state index contributed by atoms with van der Waals surface area (Å²) in [5.41, 5.74) is 3.59. The summed E-state index contributed by atoms with van der Waals surface area (Å²) in [7, 11) is 0. The Labute approximate surface area is 164 Å². The van der Waals surface area contributed by atoms with Gasteiger partial charge < -0.3 is 5.32 Å². The first kappa shape index (κ1) is 17.7. The lowest BCUT2D eigenvalue weighted by molar-refractivity contribution is 0.613. The first-order valence-corrected chi connectivity index (χ1v) is 10.1. The molecule has 0 saturated carbocycles. The summed E-state index contributed by atoms with van der Waals surface area (Å²) in [6, 6.07) is 14.8. The maximum absolute atomic E-state index is 14.0. The summed E-state index contributed by atoms with van der Waals surface area (Å²) in [6.07, 6.45) is 1.52. The molecule has 0 radical (unpaired) electrons. The molecular weight excluding hydrogens is 381 g/mol. The number of anilines is 2. The van der Waals surface area contributed by atoms with Crippen molar-refractivity contribution in [1.82, 2.24) is 19.7 Å². The monoisotopic (exact) mass is 397 g/mol. The third-order valence-electron chi connectivity index (χ3n) is 3.83. The van der Waals surface area contributed by atoms with Crippen LogP contribution in [0.2, 0.25) is 0 Å². The fourth-order valence-corrected chi connectivity index (χ4v) is 4.11. The standard InChI is InChI=1S/C19H16FN5S2/c1-13-6-8-14(9-7-13)22-18-23-15(10-26-18)11-27-19-24-21-12-25(19)17-5-3-2-4-16(17)20/h2-10,12H,11H2,1H3,(H,22,23). The van der Waals surface area contributed by atoms with Gasteiger partial charge in [0.2, 0.25) is 0 Å². The van der Waals surface area contributed by atoms with Crippen molar-refractivity contribution in [2.45, 2.75) is 17.8 Å². The van der Waals surface area contributed by atoms with Crippen LogP contribution < -0.4 is 5.32 Å². The Morgan fingerprint density at radius 1 is 1.15 bits per heavy atom. The van der Waals surface area contributed by atoms with Crippen LogP contribution in [-0.4, -0.2) is 19.7 Å². The number of nitrogens with one attached hydrogen (secondary N) is 1. The van der Waals surface area contributed by atoms with E-state index in [0.29, 0.717) is 16.6 Å². The first-order valence-electron chi connectivity index (χ1n) is 8.25. The number of rotatable bonds is 6. The van der Waals surface area contributed by atoms with Crippen molar-refractivity contribution in [3.8, 4) is 5.69 Å². The third kappa shape index (κ3) is 4.17. The molecule has 0 aliphatic rings. The second kappa shape index (κ2) is 7.89. The molecule has 136 valence electrons. The van der Waals surface area contributed by atoms with E-state index in [1.807, 2.05) is 17.5 Å². The molecule has 0 atom stereocenters. The number of nitrogens with zero attached hydrogens (tertiary/aromatic N) is 4. The zero-order chi connectivity index (χ0) is 18.6. The van der Waals surface area contributed by atoms with Crippen molar-refractivity contribution in [3.63, 3.8) is 0 Å². The minimum Gasteiger partial charge on any atom is -0.332 e. The molecule has 27 heavy (non-hydrogen) atoms. The van der Waals surface area contributed by atoms with Crippen LogP contribution in [0.5, 0.6) is 0 Å². The van der Waals surface area contributed by atoms with Gasteiger partial charge in [-0.2, -0.15) is 0 Å². The Hall–Kier alpha value is -2.71. The zero-order valence-electron chi connectivity index (χ0n) is 14.5. The van der Waals surface area contributed by atoms with Gasteiger partial charge in [0.1, 0.15) is 12.1 Å². The molecule has 0 spiro atoms. The Morgan fingerprint density at radius 2 is 1.96 bits per heavy atom. The van der Waals surface area contributed by atoms with Crippen LogP contribution >= 0.6 is 23.1 Å². The Morgan fingerprint density at radius 3 is 2.78 bits per heavy atom. The molecule has 0 unspecified atom stereocenters. The van der Waals surface area contributed by atoms with E-state index in [1.165, 1.54) is 29.7 Å². The second-order valence-corrected chi connectivity index (χ2v) is 7.66. The van der Waals surface area contributed by atoms with E-state index < -0.39 is 0 Å². The highest BCUT2D eigenvalue weighted by atomic mass is 32.2. The topological polar surface area (TPSA) is 55.6 Å². The number of thioether (sulfide) groups is 1. The quantitative estimate of drug-likeness (QED) is 0.453. The second-order valence-electron chi connectivity index (χ2n) is 5.86. The number of aryl methyl sites for hydroxylation is 1. The highest BCUT2D eigenvalue weighted by molar-refractivity contribution is 7.98. The van der Waals surface area contributed by atoms with Crippen LogP contribution in [0.4, 0.5) is 15.2 Å². The van der Waals surface area contributed by atoms with E-state index in [9.17, 15) is 4.39 Å². The molecule has 8 heteroatoms. The average molecular weight is 398 g/mol. The van der Waals surface area contributed by atoms with Crippen molar-refractivity contribution in [2.24, 2.45) is 0 Å².